The smallest absolute Gasteiger partial charge is 0.0722 e. The fourth-order valence-corrected chi connectivity index (χ4v) is 1.31. The molecule has 2 heteroatoms. The molecular weight excluding hydrogens is 148 g/mol. The number of rotatable bonds is 1. The van der Waals surface area contributed by atoms with Crippen LogP contribution >= 0.6 is 0 Å². The maximum absolute atomic E-state index is 3.99. The molecule has 1 aromatic carbocycles. The molecule has 1 aromatic heterocycles. The third-order valence-electron chi connectivity index (χ3n) is 1.86. The van der Waals surface area contributed by atoms with Gasteiger partial charge in [0.2, 0.25) is 0 Å². The first kappa shape index (κ1) is 7.10. The van der Waals surface area contributed by atoms with E-state index >= 15 is 0 Å². The first-order chi connectivity index (χ1) is 5.92. The Labute approximate surface area is 70.9 Å². The molecule has 0 aliphatic rings. The number of allylic oxidation sites excluding steroid dienone is 1. The molecule has 0 atom stereocenters. The summed E-state index contributed by atoms with van der Waals surface area (Å²) in [7, 11) is 0. The van der Waals surface area contributed by atoms with Crippen LogP contribution in [0.3, 0.4) is 0 Å². The summed E-state index contributed by atoms with van der Waals surface area (Å²) >= 11 is 0. The quantitative estimate of drug-likeness (QED) is 0.679. The Morgan fingerprint density at radius 2 is 2.33 bits per heavy atom. The molecule has 1 heterocycles. The van der Waals surface area contributed by atoms with Crippen molar-refractivity contribution >= 4 is 17.0 Å². The predicted molar refractivity (Wildman–Crippen MR) is 50.8 cm³/mol. The Hall–Kier alpha value is -1.57. The third kappa shape index (κ3) is 1.01. The Kier molecular flexibility index (Phi) is 1.67. The van der Waals surface area contributed by atoms with Gasteiger partial charge in [-0.05, 0) is 12.5 Å². The molecule has 12 heavy (non-hydrogen) atoms. The maximum Gasteiger partial charge on any atom is 0.0722 e. The summed E-state index contributed by atoms with van der Waals surface area (Å²) in [5.41, 5.74) is 2.29. The second-order valence-electron chi connectivity index (χ2n) is 2.68. The lowest BCUT2D eigenvalue weighted by Gasteiger charge is -1.93. The largest absolute Gasteiger partial charge is 0.277 e. The maximum atomic E-state index is 3.99. The minimum absolute atomic E-state index is 1.11. The van der Waals surface area contributed by atoms with Gasteiger partial charge in [-0.3, -0.25) is 5.10 Å². The van der Waals surface area contributed by atoms with Gasteiger partial charge in [-0.15, -0.1) is 0 Å². The molecule has 0 aliphatic carbocycles. The highest BCUT2D eigenvalue weighted by molar-refractivity contribution is 5.86. The Morgan fingerprint density at radius 3 is 3.17 bits per heavy atom. The van der Waals surface area contributed by atoms with Crippen molar-refractivity contribution < 1.29 is 0 Å². The molecule has 2 nitrogen and oxygen atoms in total. The second-order valence-corrected chi connectivity index (χ2v) is 2.68. The predicted octanol–water partition coefficient (Wildman–Crippen LogP) is 2.60. The van der Waals surface area contributed by atoms with Crippen molar-refractivity contribution in [1.29, 1.82) is 0 Å². The molecule has 2 aromatic rings. The highest BCUT2D eigenvalue weighted by Crippen LogP contribution is 2.16. The van der Waals surface area contributed by atoms with E-state index in [1.165, 1.54) is 5.56 Å². The number of hydrogen-bond acceptors (Lipinski definition) is 1. The number of H-pyrrole nitrogens is 1. The molecular formula is C10H10N2. The van der Waals surface area contributed by atoms with Crippen LogP contribution in [-0.2, 0) is 0 Å². The zero-order chi connectivity index (χ0) is 8.39. The average Bonchev–Trinajstić information content (AvgIpc) is 2.53. The fraction of sp³-hybridized carbons (Fsp3) is 0.100. The lowest BCUT2D eigenvalue weighted by atomic mass is 10.1. The van der Waals surface area contributed by atoms with Crippen LogP contribution in [0.25, 0.3) is 17.0 Å². The van der Waals surface area contributed by atoms with Crippen molar-refractivity contribution in [2.24, 2.45) is 0 Å². The first-order valence-electron chi connectivity index (χ1n) is 3.96. The molecule has 0 bridgehead atoms. The van der Waals surface area contributed by atoms with Crippen LogP contribution in [-0.4, -0.2) is 10.2 Å². The summed E-state index contributed by atoms with van der Waals surface area (Å²) in [6, 6.07) is 6.15. The monoisotopic (exact) mass is 158 g/mol. The van der Waals surface area contributed by atoms with E-state index in [4.69, 9.17) is 0 Å². The SMILES string of the molecule is CC=Cc1cccc2cn[nH]c12. The summed E-state index contributed by atoms with van der Waals surface area (Å²) in [5.74, 6) is 0. The number of para-hydroxylation sites is 1. The van der Waals surface area contributed by atoms with Crippen molar-refractivity contribution in [2.75, 3.05) is 0 Å². The third-order valence-corrected chi connectivity index (χ3v) is 1.86. The Bertz CT molecular complexity index is 412. The number of aromatic amines is 1. The van der Waals surface area contributed by atoms with Crippen LogP contribution in [0.5, 0.6) is 0 Å². The van der Waals surface area contributed by atoms with Crippen LogP contribution in [0.4, 0.5) is 0 Å². The van der Waals surface area contributed by atoms with Crippen molar-refractivity contribution in [3.05, 3.63) is 36.0 Å². The normalized spacial score (nSPS) is 11.4. The van der Waals surface area contributed by atoms with Gasteiger partial charge in [-0.25, -0.2) is 0 Å². The molecule has 0 saturated carbocycles. The number of nitrogens with zero attached hydrogens (tertiary/aromatic N) is 1. The van der Waals surface area contributed by atoms with E-state index in [2.05, 4.69) is 22.3 Å². The Morgan fingerprint density at radius 1 is 1.42 bits per heavy atom. The van der Waals surface area contributed by atoms with Crippen LogP contribution in [0, 0.1) is 0 Å². The van der Waals surface area contributed by atoms with E-state index in [0.717, 1.165) is 10.9 Å². The van der Waals surface area contributed by atoms with E-state index in [1.54, 1.807) is 0 Å². The van der Waals surface area contributed by atoms with Gasteiger partial charge in [0.15, 0.2) is 0 Å². The van der Waals surface area contributed by atoms with Gasteiger partial charge >= 0.3 is 0 Å². The topological polar surface area (TPSA) is 28.7 Å². The van der Waals surface area contributed by atoms with Crippen LogP contribution in [0.15, 0.2) is 30.5 Å². The summed E-state index contributed by atoms with van der Waals surface area (Å²) < 4.78 is 0. The van der Waals surface area contributed by atoms with E-state index in [1.807, 2.05) is 31.3 Å². The second kappa shape index (κ2) is 2.81. The van der Waals surface area contributed by atoms with Crippen LogP contribution in [0.1, 0.15) is 12.5 Å². The molecule has 0 unspecified atom stereocenters. The molecule has 0 saturated heterocycles. The lowest BCUT2D eigenvalue weighted by Crippen LogP contribution is -1.75. The molecule has 0 amide bonds. The summed E-state index contributed by atoms with van der Waals surface area (Å²) in [4.78, 5) is 0. The van der Waals surface area contributed by atoms with E-state index < -0.39 is 0 Å². The van der Waals surface area contributed by atoms with E-state index in [9.17, 15) is 0 Å². The fourth-order valence-electron chi connectivity index (χ4n) is 1.31. The van der Waals surface area contributed by atoms with Gasteiger partial charge in [-0.1, -0.05) is 30.4 Å². The summed E-state index contributed by atoms with van der Waals surface area (Å²) in [6.45, 7) is 2.01. The van der Waals surface area contributed by atoms with E-state index in [-0.39, 0.29) is 0 Å². The number of hydrogen-bond donors (Lipinski definition) is 1. The Balaban J connectivity index is 2.73. The summed E-state index contributed by atoms with van der Waals surface area (Å²) in [6.07, 6.45) is 5.93. The van der Waals surface area contributed by atoms with Gasteiger partial charge in [0, 0.05) is 5.39 Å². The number of benzene rings is 1. The summed E-state index contributed by atoms with van der Waals surface area (Å²) in [5, 5.41) is 8.11. The zero-order valence-corrected chi connectivity index (χ0v) is 6.91. The highest BCUT2D eigenvalue weighted by atomic mass is 15.1. The highest BCUT2D eigenvalue weighted by Gasteiger charge is 1.97. The standard InChI is InChI=1S/C10H10N2/c1-2-4-8-5-3-6-9-7-11-12-10(8)9/h2-7H,1H3,(H,11,12). The van der Waals surface area contributed by atoms with Crippen molar-refractivity contribution in [2.45, 2.75) is 6.92 Å². The molecule has 0 aliphatic heterocycles. The zero-order valence-electron chi connectivity index (χ0n) is 6.91. The molecule has 0 radical (unpaired) electrons. The van der Waals surface area contributed by atoms with Crippen LogP contribution < -0.4 is 0 Å². The van der Waals surface area contributed by atoms with Crippen molar-refractivity contribution in [3.8, 4) is 0 Å². The average molecular weight is 158 g/mol. The van der Waals surface area contributed by atoms with Gasteiger partial charge < -0.3 is 0 Å². The van der Waals surface area contributed by atoms with Gasteiger partial charge in [0.1, 0.15) is 0 Å². The van der Waals surface area contributed by atoms with Gasteiger partial charge in [0.25, 0.3) is 0 Å². The minimum Gasteiger partial charge on any atom is -0.277 e. The number of aromatic nitrogens is 2. The van der Waals surface area contributed by atoms with Crippen molar-refractivity contribution in [3.63, 3.8) is 0 Å². The molecule has 2 rings (SSSR count). The minimum atomic E-state index is 1.11. The molecule has 0 fully saturated rings. The lowest BCUT2D eigenvalue weighted by molar-refractivity contribution is 1.12. The number of nitrogens with one attached hydrogen (secondary N) is 1. The van der Waals surface area contributed by atoms with Crippen LogP contribution in [0.2, 0.25) is 0 Å². The number of fused-ring (bicyclic) bond motifs is 1. The molecule has 0 spiro atoms. The van der Waals surface area contributed by atoms with Crippen molar-refractivity contribution in [1.82, 2.24) is 10.2 Å². The van der Waals surface area contributed by atoms with Gasteiger partial charge in [-0.2, -0.15) is 5.10 Å². The van der Waals surface area contributed by atoms with E-state index in [0.29, 0.717) is 0 Å². The van der Waals surface area contributed by atoms with Gasteiger partial charge in [0.05, 0.1) is 11.7 Å². The molecule has 60 valence electrons. The first-order valence-corrected chi connectivity index (χ1v) is 3.96. The molecule has 1 N–H and O–H groups in total.